The predicted molar refractivity (Wildman–Crippen MR) is 92.6 cm³/mol. The first kappa shape index (κ1) is 19.8. The van der Waals surface area contributed by atoms with Gasteiger partial charge in [0.25, 0.3) is 0 Å². The van der Waals surface area contributed by atoms with Gasteiger partial charge in [-0.15, -0.1) is 0 Å². The molecule has 8 nitrogen and oxygen atoms in total. The van der Waals surface area contributed by atoms with E-state index in [9.17, 15) is 31.5 Å². The number of halogens is 3. The molecule has 2 bridgehead atoms. The normalized spacial score (nSPS) is 32.1. The molecule has 156 valence electrons. The topological polar surface area (TPSA) is 111 Å². The number of sulfonamides is 1. The molecule has 3 heterocycles. The second kappa shape index (κ2) is 6.24. The summed E-state index contributed by atoms with van der Waals surface area (Å²) in [7, 11) is -2.75. The lowest BCUT2D eigenvalue weighted by molar-refractivity contribution is -0.137. The SMILES string of the molecule is CN(C(=O)O)[C@H]1C[C@@H]2O[C@H]1[C@@H]1[C@H]2CN(c2ccc(C#N)c(C(F)(F)F)c2)S1(=O)=O. The molecular weight excluding hydrogens is 415 g/mol. The molecule has 0 aromatic heterocycles. The van der Waals surface area contributed by atoms with Crippen LogP contribution in [0.2, 0.25) is 0 Å². The first-order chi connectivity index (χ1) is 13.5. The summed E-state index contributed by atoms with van der Waals surface area (Å²) < 4.78 is 72.8. The van der Waals surface area contributed by atoms with Crippen molar-refractivity contribution in [1.29, 1.82) is 5.26 Å². The quantitative estimate of drug-likeness (QED) is 0.765. The Bertz CT molecular complexity index is 1020. The Morgan fingerprint density at radius 1 is 1.41 bits per heavy atom. The summed E-state index contributed by atoms with van der Waals surface area (Å²) in [6.07, 6.45) is -7.05. The maximum atomic E-state index is 13.3. The number of benzene rings is 1. The molecule has 29 heavy (non-hydrogen) atoms. The van der Waals surface area contributed by atoms with Crippen molar-refractivity contribution < 1.29 is 36.2 Å². The van der Waals surface area contributed by atoms with Crippen LogP contribution in [0.4, 0.5) is 23.7 Å². The first-order valence-corrected chi connectivity index (χ1v) is 10.2. The molecule has 0 aliphatic carbocycles. The summed E-state index contributed by atoms with van der Waals surface area (Å²) in [6, 6.07) is 3.62. The number of carbonyl (C=O) groups is 1. The number of ether oxygens (including phenoxy) is 1. The van der Waals surface area contributed by atoms with E-state index in [2.05, 4.69) is 0 Å². The smallest absolute Gasteiger partial charge is 0.417 e. The Labute approximate surface area is 164 Å². The number of hydrogen-bond acceptors (Lipinski definition) is 5. The third-order valence-electron chi connectivity index (χ3n) is 5.95. The number of anilines is 1. The van der Waals surface area contributed by atoms with Crippen molar-refractivity contribution in [2.45, 2.75) is 36.1 Å². The van der Waals surface area contributed by atoms with Crippen LogP contribution in [0.3, 0.4) is 0 Å². The summed E-state index contributed by atoms with van der Waals surface area (Å²) in [5, 5.41) is 17.1. The van der Waals surface area contributed by atoms with Gasteiger partial charge in [-0.25, -0.2) is 13.2 Å². The second-order valence-electron chi connectivity index (χ2n) is 7.38. The lowest BCUT2D eigenvalue weighted by atomic mass is 9.85. The zero-order valence-corrected chi connectivity index (χ0v) is 15.8. The molecule has 3 aliphatic rings. The fraction of sp³-hybridized carbons (Fsp3) is 0.529. The van der Waals surface area contributed by atoms with Crippen molar-refractivity contribution in [2.24, 2.45) is 5.92 Å². The molecule has 0 spiro atoms. The van der Waals surface area contributed by atoms with Crippen molar-refractivity contribution in [1.82, 2.24) is 4.90 Å². The van der Waals surface area contributed by atoms with Crippen molar-refractivity contribution in [3.8, 4) is 6.07 Å². The van der Waals surface area contributed by atoms with Crippen LogP contribution in [0, 0.1) is 17.2 Å². The average molecular weight is 431 g/mol. The molecule has 1 aromatic rings. The highest BCUT2D eigenvalue weighted by molar-refractivity contribution is 7.93. The number of amides is 1. The number of hydrogen-bond donors (Lipinski definition) is 1. The van der Waals surface area contributed by atoms with E-state index >= 15 is 0 Å². The molecule has 0 unspecified atom stereocenters. The minimum atomic E-state index is -4.81. The highest BCUT2D eigenvalue weighted by Crippen LogP contribution is 2.50. The Morgan fingerprint density at radius 2 is 2.10 bits per heavy atom. The fourth-order valence-electron chi connectivity index (χ4n) is 4.59. The van der Waals surface area contributed by atoms with Gasteiger partial charge in [-0.1, -0.05) is 0 Å². The molecule has 1 amide bonds. The van der Waals surface area contributed by atoms with Crippen LogP contribution in [-0.4, -0.2) is 61.6 Å². The fourth-order valence-corrected chi connectivity index (χ4v) is 6.96. The third-order valence-corrected chi connectivity index (χ3v) is 8.23. The molecule has 3 aliphatic heterocycles. The van der Waals surface area contributed by atoms with Crippen LogP contribution in [0.25, 0.3) is 0 Å². The third kappa shape index (κ3) is 2.83. The molecule has 1 aromatic carbocycles. The zero-order chi connectivity index (χ0) is 21.3. The van der Waals surface area contributed by atoms with Gasteiger partial charge >= 0.3 is 12.3 Å². The molecule has 5 atom stereocenters. The van der Waals surface area contributed by atoms with Crippen LogP contribution >= 0.6 is 0 Å². The minimum Gasteiger partial charge on any atom is -0.465 e. The van der Waals surface area contributed by atoms with Gasteiger partial charge in [-0.3, -0.25) is 4.31 Å². The lowest BCUT2D eigenvalue weighted by Gasteiger charge is -2.31. The number of fused-ring (bicyclic) bond motifs is 5. The van der Waals surface area contributed by atoms with Crippen molar-refractivity contribution in [2.75, 3.05) is 17.9 Å². The van der Waals surface area contributed by atoms with Crippen LogP contribution in [0.5, 0.6) is 0 Å². The first-order valence-electron chi connectivity index (χ1n) is 8.71. The lowest BCUT2D eigenvalue weighted by Crippen LogP contribution is -2.51. The summed E-state index contributed by atoms with van der Waals surface area (Å²) in [4.78, 5) is 12.3. The van der Waals surface area contributed by atoms with Crippen LogP contribution < -0.4 is 4.31 Å². The summed E-state index contributed by atoms with van der Waals surface area (Å²) in [5.74, 6) is -0.464. The molecular formula is C17H16F3N3O5S. The monoisotopic (exact) mass is 431 g/mol. The number of likely N-dealkylation sites (N-methyl/N-ethyl adjacent to an activating group) is 1. The largest absolute Gasteiger partial charge is 0.465 e. The van der Waals surface area contributed by atoms with Crippen molar-refractivity contribution in [3.63, 3.8) is 0 Å². The van der Waals surface area contributed by atoms with E-state index in [0.717, 1.165) is 15.3 Å². The maximum absolute atomic E-state index is 13.3. The molecule has 0 saturated carbocycles. The average Bonchev–Trinajstić information content (AvgIpc) is 3.29. The van der Waals surface area contributed by atoms with Crippen LogP contribution in [0.1, 0.15) is 17.5 Å². The number of carboxylic acid groups (broad SMARTS) is 1. The molecule has 3 fully saturated rings. The van der Waals surface area contributed by atoms with Gasteiger partial charge < -0.3 is 14.7 Å². The predicted octanol–water partition coefficient (Wildman–Crippen LogP) is 1.86. The number of nitriles is 1. The Kier molecular flexibility index (Phi) is 4.25. The Balaban J connectivity index is 1.70. The van der Waals surface area contributed by atoms with Gasteiger partial charge in [0.1, 0.15) is 5.25 Å². The molecule has 4 rings (SSSR count). The van der Waals surface area contributed by atoms with E-state index < -0.39 is 62.8 Å². The molecule has 12 heteroatoms. The minimum absolute atomic E-state index is 0.0547. The number of alkyl halides is 3. The summed E-state index contributed by atoms with van der Waals surface area (Å²) >= 11 is 0. The van der Waals surface area contributed by atoms with Crippen LogP contribution in [-0.2, 0) is 20.9 Å². The van der Waals surface area contributed by atoms with Gasteiger partial charge in [-0.05, 0) is 24.6 Å². The summed E-state index contributed by atoms with van der Waals surface area (Å²) in [5.41, 5.74) is -1.97. The standard InChI is InChI=1S/C17H16F3N3O5S/c1-22(16(24)25)12-5-13-10-7-23(29(26,27)15(10)14(12)28-13)9-3-2-8(6-21)11(4-9)17(18,19)20/h2-4,10,12-15H,5,7H2,1H3,(H,24,25)/t10-,12-,13-,14+,15-/m0/s1. The Hall–Kier alpha value is -2.52. The molecule has 0 radical (unpaired) electrons. The van der Waals surface area contributed by atoms with Crippen molar-refractivity contribution in [3.05, 3.63) is 29.3 Å². The molecule has 3 saturated heterocycles. The summed E-state index contributed by atoms with van der Waals surface area (Å²) in [6.45, 7) is -0.0547. The van der Waals surface area contributed by atoms with Gasteiger partial charge in [0.2, 0.25) is 10.0 Å². The highest BCUT2D eigenvalue weighted by Gasteiger charge is 2.65. The van der Waals surface area contributed by atoms with E-state index in [0.29, 0.717) is 12.5 Å². The number of rotatable bonds is 2. The van der Waals surface area contributed by atoms with Gasteiger partial charge in [-0.2, -0.15) is 18.4 Å². The second-order valence-corrected chi connectivity index (χ2v) is 9.39. The van der Waals surface area contributed by atoms with E-state index in [-0.39, 0.29) is 12.2 Å². The Morgan fingerprint density at radius 3 is 2.69 bits per heavy atom. The number of nitrogens with zero attached hydrogens (tertiary/aromatic N) is 3. The van der Waals surface area contributed by atoms with E-state index in [1.165, 1.54) is 19.2 Å². The van der Waals surface area contributed by atoms with Crippen molar-refractivity contribution >= 4 is 21.8 Å². The van der Waals surface area contributed by atoms with E-state index in [1.54, 1.807) is 0 Å². The molecule has 1 N–H and O–H groups in total. The van der Waals surface area contributed by atoms with Gasteiger partial charge in [0, 0.05) is 19.5 Å². The maximum Gasteiger partial charge on any atom is 0.417 e. The zero-order valence-electron chi connectivity index (χ0n) is 15.0. The van der Waals surface area contributed by atoms with Crippen LogP contribution in [0.15, 0.2) is 18.2 Å². The van der Waals surface area contributed by atoms with Gasteiger partial charge in [0.05, 0.1) is 41.1 Å². The van der Waals surface area contributed by atoms with E-state index in [1.807, 2.05) is 0 Å². The van der Waals surface area contributed by atoms with Gasteiger partial charge in [0.15, 0.2) is 0 Å². The highest BCUT2D eigenvalue weighted by atomic mass is 32.2. The van der Waals surface area contributed by atoms with E-state index in [4.69, 9.17) is 10.00 Å².